The molecule has 0 spiro atoms. The van der Waals surface area contributed by atoms with Gasteiger partial charge in [-0.2, -0.15) is 0 Å². The minimum atomic E-state index is 0.271. The van der Waals surface area contributed by atoms with E-state index < -0.39 is 0 Å². The summed E-state index contributed by atoms with van der Waals surface area (Å²) in [4.78, 5) is 0. The van der Waals surface area contributed by atoms with Gasteiger partial charge in [-0.15, -0.1) is 11.6 Å². The van der Waals surface area contributed by atoms with Gasteiger partial charge in [0.15, 0.2) is 0 Å². The minimum absolute atomic E-state index is 0.271. The van der Waals surface area contributed by atoms with E-state index in [2.05, 4.69) is 19.1 Å². The third-order valence-electron chi connectivity index (χ3n) is 4.86. The highest BCUT2D eigenvalue weighted by molar-refractivity contribution is 6.20. The van der Waals surface area contributed by atoms with E-state index >= 15 is 0 Å². The monoisotopic (exact) mass is 307 g/mol. The molecule has 2 rings (SSSR count). The third-order valence-corrected chi connectivity index (χ3v) is 5.37. The molecule has 1 nitrogen and oxygen atoms in total. The Kier molecular flexibility index (Phi) is 6.89. The second kappa shape index (κ2) is 8.68. The lowest BCUT2D eigenvalue weighted by Crippen LogP contribution is -2.23. The van der Waals surface area contributed by atoms with Crippen LogP contribution in [0.25, 0.3) is 0 Å². The first-order valence-electron chi connectivity index (χ1n) is 8.29. The predicted molar refractivity (Wildman–Crippen MR) is 91.0 cm³/mol. The van der Waals surface area contributed by atoms with Gasteiger partial charge in [0.05, 0.1) is 7.11 Å². The summed E-state index contributed by atoms with van der Waals surface area (Å²) >= 11 is 6.68. The Labute approximate surface area is 135 Å². The van der Waals surface area contributed by atoms with Gasteiger partial charge in [0, 0.05) is 5.38 Å². The normalized spacial score (nSPS) is 23.8. The van der Waals surface area contributed by atoms with E-state index in [1.165, 1.54) is 44.1 Å². The van der Waals surface area contributed by atoms with Gasteiger partial charge in [-0.3, -0.25) is 0 Å². The maximum absolute atomic E-state index is 6.68. The molecule has 0 amide bonds. The van der Waals surface area contributed by atoms with Crippen LogP contribution >= 0.6 is 11.6 Å². The van der Waals surface area contributed by atoms with Crippen LogP contribution < -0.4 is 4.74 Å². The Bertz CT molecular complexity index is 393. The molecule has 2 heteroatoms. The van der Waals surface area contributed by atoms with Crippen LogP contribution in [0.1, 0.15) is 50.5 Å². The number of rotatable bonds is 7. The molecule has 0 N–H and O–H groups in total. The molecule has 1 saturated carbocycles. The van der Waals surface area contributed by atoms with Crippen molar-refractivity contribution in [3.63, 3.8) is 0 Å². The van der Waals surface area contributed by atoms with Crippen LogP contribution in [0.4, 0.5) is 0 Å². The summed E-state index contributed by atoms with van der Waals surface area (Å²) in [6.07, 6.45) is 10.0. The molecule has 1 aromatic carbocycles. The fraction of sp³-hybridized carbons (Fsp3) is 0.632. The fourth-order valence-electron chi connectivity index (χ4n) is 3.43. The Morgan fingerprint density at radius 3 is 2.43 bits per heavy atom. The number of benzene rings is 1. The van der Waals surface area contributed by atoms with Gasteiger partial charge in [-0.1, -0.05) is 51.2 Å². The molecule has 1 unspecified atom stereocenters. The average Bonchev–Trinajstić information content (AvgIpc) is 2.54. The van der Waals surface area contributed by atoms with Gasteiger partial charge < -0.3 is 4.74 Å². The van der Waals surface area contributed by atoms with E-state index in [4.69, 9.17) is 16.3 Å². The standard InChI is InChI=1S/C19H28ClO/c1-3-4-5-15-6-10-17(11-7-15)19(20)14-16-8-12-18(21-2)13-9-16/h8-9,12-13,15,17,19H,1,3-7,10-11,14H2,2H3/t15-,17-,19?. The van der Waals surface area contributed by atoms with E-state index in [9.17, 15) is 0 Å². The quantitative estimate of drug-likeness (QED) is 0.591. The van der Waals surface area contributed by atoms with E-state index in [1.54, 1.807) is 7.11 Å². The average molecular weight is 308 g/mol. The molecule has 1 aromatic rings. The number of hydrogen-bond acceptors (Lipinski definition) is 1. The Balaban J connectivity index is 1.77. The lowest BCUT2D eigenvalue weighted by atomic mass is 9.77. The summed E-state index contributed by atoms with van der Waals surface area (Å²) in [6, 6.07) is 8.31. The van der Waals surface area contributed by atoms with Crippen molar-refractivity contribution in [2.24, 2.45) is 11.8 Å². The Morgan fingerprint density at radius 2 is 1.86 bits per heavy atom. The van der Waals surface area contributed by atoms with Crippen LogP contribution in [0, 0.1) is 18.8 Å². The number of alkyl halides is 1. The highest BCUT2D eigenvalue weighted by atomic mass is 35.5. The lowest BCUT2D eigenvalue weighted by Gasteiger charge is -2.31. The van der Waals surface area contributed by atoms with Crippen LogP contribution in [0.15, 0.2) is 24.3 Å². The molecule has 117 valence electrons. The minimum Gasteiger partial charge on any atom is -0.497 e. The van der Waals surface area contributed by atoms with Gasteiger partial charge in [-0.05, 0) is 48.8 Å². The molecule has 0 bridgehead atoms. The number of methoxy groups -OCH3 is 1. The van der Waals surface area contributed by atoms with Crippen LogP contribution in [0.2, 0.25) is 0 Å². The number of ether oxygens (including phenoxy) is 1. The summed E-state index contributed by atoms with van der Waals surface area (Å²) in [5.74, 6) is 2.52. The first-order chi connectivity index (χ1) is 10.2. The third kappa shape index (κ3) is 5.21. The molecular formula is C19H28ClO. The van der Waals surface area contributed by atoms with Crippen molar-refractivity contribution in [1.29, 1.82) is 0 Å². The second-order valence-corrected chi connectivity index (χ2v) is 6.91. The molecule has 1 radical (unpaired) electrons. The van der Waals surface area contributed by atoms with E-state index in [1.807, 2.05) is 12.1 Å². The molecule has 21 heavy (non-hydrogen) atoms. The zero-order valence-electron chi connectivity index (χ0n) is 13.2. The van der Waals surface area contributed by atoms with Gasteiger partial charge >= 0.3 is 0 Å². The van der Waals surface area contributed by atoms with E-state index in [0.29, 0.717) is 5.92 Å². The summed E-state index contributed by atoms with van der Waals surface area (Å²) in [7, 11) is 1.70. The molecule has 0 aliphatic heterocycles. The fourth-order valence-corrected chi connectivity index (χ4v) is 3.86. The first-order valence-corrected chi connectivity index (χ1v) is 8.72. The van der Waals surface area contributed by atoms with Crippen molar-refractivity contribution in [3.05, 3.63) is 36.8 Å². The molecule has 1 aliphatic carbocycles. The van der Waals surface area contributed by atoms with Gasteiger partial charge in [0.1, 0.15) is 5.75 Å². The van der Waals surface area contributed by atoms with Gasteiger partial charge in [-0.25, -0.2) is 0 Å². The van der Waals surface area contributed by atoms with E-state index in [-0.39, 0.29) is 5.38 Å². The van der Waals surface area contributed by atoms with Gasteiger partial charge in [0.25, 0.3) is 0 Å². The van der Waals surface area contributed by atoms with Crippen molar-refractivity contribution in [3.8, 4) is 5.75 Å². The van der Waals surface area contributed by atoms with Crippen LogP contribution in [-0.2, 0) is 6.42 Å². The Morgan fingerprint density at radius 1 is 1.19 bits per heavy atom. The number of hydrogen-bond donors (Lipinski definition) is 0. The summed E-state index contributed by atoms with van der Waals surface area (Å²) in [6.45, 7) is 3.94. The van der Waals surface area contributed by atoms with Gasteiger partial charge in [0.2, 0.25) is 0 Å². The summed E-state index contributed by atoms with van der Waals surface area (Å²) in [5.41, 5.74) is 1.31. The second-order valence-electron chi connectivity index (χ2n) is 6.34. The van der Waals surface area contributed by atoms with Crippen molar-refractivity contribution < 1.29 is 4.74 Å². The molecule has 1 atom stereocenters. The molecule has 0 aromatic heterocycles. The van der Waals surface area contributed by atoms with Crippen molar-refractivity contribution >= 4 is 11.6 Å². The summed E-state index contributed by atoms with van der Waals surface area (Å²) in [5, 5.41) is 0.271. The predicted octanol–water partition coefficient (Wildman–Crippen LogP) is 5.66. The maximum Gasteiger partial charge on any atom is 0.118 e. The zero-order valence-corrected chi connectivity index (χ0v) is 13.9. The van der Waals surface area contributed by atoms with Crippen LogP contribution in [0.5, 0.6) is 5.75 Å². The number of unbranched alkanes of at least 4 members (excludes halogenated alkanes) is 1. The molecule has 1 aliphatic rings. The smallest absolute Gasteiger partial charge is 0.118 e. The molecule has 0 heterocycles. The SMILES string of the molecule is [CH2]CCC[C@H]1CC[C@H](C(Cl)Cc2ccc(OC)cc2)CC1. The molecular weight excluding hydrogens is 280 g/mol. The topological polar surface area (TPSA) is 9.23 Å². The van der Waals surface area contributed by atoms with E-state index in [0.717, 1.165) is 24.5 Å². The molecule has 1 fully saturated rings. The largest absolute Gasteiger partial charge is 0.497 e. The van der Waals surface area contributed by atoms with Crippen molar-refractivity contribution in [2.75, 3.05) is 7.11 Å². The highest BCUT2D eigenvalue weighted by Gasteiger charge is 2.26. The highest BCUT2D eigenvalue weighted by Crippen LogP contribution is 2.36. The van der Waals surface area contributed by atoms with Crippen LogP contribution in [0.3, 0.4) is 0 Å². The van der Waals surface area contributed by atoms with Crippen molar-refractivity contribution in [2.45, 2.75) is 56.7 Å². The first kappa shape index (κ1) is 16.7. The summed E-state index contributed by atoms with van der Waals surface area (Å²) < 4.78 is 5.20. The maximum atomic E-state index is 6.68. The lowest BCUT2D eigenvalue weighted by molar-refractivity contribution is 0.253. The number of halogens is 1. The Hall–Kier alpha value is -0.690. The van der Waals surface area contributed by atoms with Crippen LogP contribution in [-0.4, -0.2) is 12.5 Å². The van der Waals surface area contributed by atoms with Crippen molar-refractivity contribution in [1.82, 2.24) is 0 Å². The zero-order chi connectivity index (χ0) is 15.1. The molecule has 0 saturated heterocycles.